The predicted octanol–water partition coefficient (Wildman–Crippen LogP) is 6.62. The van der Waals surface area contributed by atoms with Crippen molar-refractivity contribution in [1.82, 2.24) is 10.2 Å². The molecule has 0 aromatic heterocycles. The van der Waals surface area contributed by atoms with Crippen molar-refractivity contribution in [3.8, 4) is 0 Å². The van der Waals surface area contributed by atoms with Crippen LogP contribution in [-0.4, -0.2) is 44.3 Å². The second-order valence-electron chi connectivity index (χ2n) is 9.67. The van der Waals surface area contributed by atoms with Gasteiger partial charge < -0.3 is 10.2 Å². The highest BCUT2D eigenvalue weighted by atomic mass is 35.5. The average molecular weight is 659 g/mol. The lowest BCUT2D eigenvalue weighted by atomic mass is 10.0. The molecule has 0 unspecified atom stereocenters. The number of sulfonamides is 1. The molecule has 0 spiro atoms. The molecule has 0 aliphatic heterocycles. The number of benzene rings is 4. The number of likely N-dealkylation sites (N-methyl/N-ethyl adjacent to an activating group) is 1. The lowest BCUT2D eigenvalue weighted by Crippen LogP contribution is -2.53. The Balaban J connectivity index is 1.81. The van der Waals surface area contributed by atoms with Gasteiger partial charge in [0.25, 0.3) is 10.0 Å². The van der Waals surface area contributed by atoms with Gasteiger partial charge in [-0.15, -0.1) is 0 Å². The number of carbonyl (C=O) groups is 2. The second kappa shape index (κ2) is 14.8. The van der Waals surface area contributed by atoms with Gasteiger partial charge in [-0.05, 0) is 60.5 Å². The molecule has 11 heteroatoms. The van der Waals surface area contributed by atoms with Crippen molar-refractivity contribution in [3.05, 3.63) is 129 Å². The fourth-order valence-electron chi connectivity index (χ4n) is 4.54. The zero-order chi connectivity index (χ0) is 31.0. The van der Waals surface area contributed by atoms with E-state index in [9.17, 15) is 18.0 Å². The molecule has 224 valence electrons. The van der Waals surface area contributed by atoms with E-state index in [2.05, 4.69) is 5.32 Å². The van der Waals surface area contributed by atoms with Crippen LogP contribution >= 0.6 is 34.8 Å². The first-order valence-corrected chi connectivity index (χ1v) is 16.1. The molecule has 2 amide bonds. The minimum Gasteiger partial charge on any atom is -0.355 e. The van der Waals surface area contributed by atoms with Crippen LogP contribution in [0.15, 0.2) is 108 Å². The number of hydrogen-bond acceptors (Lipinski definition) is 4. The zero-order valence-electron chi connectivity index (χ0n) is 23.3. The molecule has 0 aliphatic carbocycles. The van der Waals surface area contributed by atoms with E-state index in [-0.39, 0.29) is 39.5 Å². The van der Waals surface area contributed by atoms with Crippen molar-refractivity contribution in [2.75, 3.05) is 17.4 Å². The van der Waals surface area contributed by atoms with E-state index in [4.69, 9.17) is 34.8 Å². The van der Waals surface area contributed by atoms with Gasteiger partial charge in [0.2, 0.25) is 11.8 Å². The highest BCUT2D eigenvalue weighted by molar-refractivity contribution is 7.92. The predicted molar refractivity (Wildman–Crippen MR) is 172 cm³/mol. The number of nitrogens with one attached hydrogen (secondary N) is 1. The van der Waals surface area contributed by atoms with Crippen molar-refractivity contribution in [2.45, 2.75) is 30.8 Å². The van der Waals surface area contributed by atoms with Gasteiger partial charge in [-0.2, -0.15) is 0 Å². The molecule has 43 heavy (non-hydrogen) atoms. The van der Waals surface area contributed by atoms with Gasteiger partial charge in [0.05, 0.1) is 15.6 Å². The van der Waals surface area contributed by atoms with Crippen molar-refractivity contribution >= 4 is 62.3 Å². The van der Waals surface area contributed by atoms with Crippen LogP contribution in [0, 0.1) is 0 Å². The van der Waals surface area contributed by atoms with Crippen LogP contribution < -0.4 is 9.62 Å². The quantitative estimate of drug-likeness (QED) is 0.185. The van der Waals surface area contributed by atoms with Crippen LogP contribution in [0.3, 0.4) is 0 Å². The Morgan fingerprint density at radius 1 is 0.791 bits per heavy atom. The first-order valence-electron chi connectivity index (χ1n) is 13.5. The monoisotopic (exact) mass is 657 g/mol. The van der Waals surface area contributed by atoms with E-state index in [1.807, 2.05) is 30.3 Å². The van der Waals surface area contributed by atoms with Crippen molar-refractivity contribution in [3.63, 3.8) is 0 Å². The number of anilines is 1. The van der Waals surface area contributed by atoms with Crippen LogP contribution in [0.5, 0.6) is 0 Å². The van der Waals surface area contributed by atoms with Gasteiger partial charge in [0.1, 0.15) is 12.6 Å². The average Bonchev–Trinajstić information content (AvgIpc) is 3.01. The summed E-state index contributed by atoms with van der Waals surface area (Å²) in [5.74, 6) is -0.982. The van der Waals surface area contributed by atoms with Crippen molar-refractivity contribution in [1.29, 1.82) is 0 Å². The molecule has 0 radical (unpaired) electrons. The summed E-state index contributed by atoms with van der Waals surface area (Å²) < 4.78 is 28.9. The fraction of sp³-hybridized carbons (Fsp3) is 0.188. The van der Waals surface area contributed by atoms with E-state index in [0.717, 1.165) is 9.87 Å². The van der Waals surface area contributed by atoms with Gasteiger partial charge in [-0.25, -0.2) is 8.42 Å². The lowest BCUT2D eigenvalue weighted by Gasteiger charge is -2.34. The maximum atomic E-state index is 14.4. The molecular weight excluding hydrogens is 629 g/mol. The summed E-state index contributed by atoms with van der Waals surface area (Å²) in [5, 5.41) is 3.67. The minimum absolute atomic E-state index is 0.0210. The molecule has 0 fully saturated rings. The standard InChI is InChI=1S/C32H30Cl3N3O4S/c1-2-36-32(40)30(19-23-9-5-3-6-10-23)37(21-24-13-15-25(33)16-14-24)31(39)22-38(29-20-26(34)17-18-28(29)35)43(41,42)27-11-7-4-8-12-27/h3-18,20,30H,2,19,21-22H2,1H3,(H,36,40)/t30-/m0/s1. The summed E-state index contributed by atoms with van der Waals surface area (Å²) in [5.41, 5.74) is 1.58. The molecule has 1 N–H and O–H groups in total. The molecule has 0 bridgehead atoms. The summed E-state index contributed by atoms with van der Waals surface area (Å²) in [4.78, 5) is 29.2. The molecule has 4 aromatic rings. The highest BCUT2D eigenvalue weighted by Crippen LogP contribution is 2.33. The number of halogens is 3. The SMILES string of the molecule is CCNC(=O)[C@H](Cc1ccccc1)N(Cc1ccc(Cl)cc1)C(=O)CN(c1cc(Cl)ccc1Cl)S(=O)(=O)c1ccccc1. The van der Waals surface area contributed by atoms with Gasteiger partial charge in [-0.3, -0.25) is 13.9 Å². The molecule has 1 atom stereocenters. The topological polar surface area (TPSA) is 86.8 Å². The van der Waals surface area contributed by atoms with Gasteiger partial charge in [0, 0.05) is 29.6 Å². The number of amides is 2. The van der Waals surface area contributed by atoms with Crippen LogP contribution in [0.4, 0.5) is 5.69 Å². The summed E-state index contributed by atoms with van der Waals surface area (Å²) in [7, 11) is -4.29. The summed E-state index contributed by atoms with van der Waals surface area (Å²) >= 11 is 18.8. The maximum absolute atomic E-state index is 14.4. The van der Waals surface area contributed by atoms with E-state index in [1.165, 1.54) is 35.2 Å². The molecular formula is C32H30Cl3N3O4S. The smallest absolute Gasteiger partial charge is 0.264 e. The Bertz CT molecular complexity index is 1650. The Hall–Kier alpha value is -3.56. The summed E-state index contributed by atoms with van der Waals surface area (Å²) in [6.07, 6.45) is 0.204. The molecule has 0 heterocycles. The van der Waals surface area contributed by atoms with E-state index >= 15 is 0 Å². The molecule has 4 aromatic carbocycles. The summed E-state index contributed by atoms with van der Waals surface area (Å²) in [6.45, 7) is 1.51. The highest BCUT2D eigenvalue weighted by Gasteiger charge is 2.35. The number of hydrogen-bond donors (Lipinski definition) is 1. The third kappa shape index (κ3) is 8.30. The largest absolute Gasteiger partial charge is 0.355 e. The first kappa shape index (κ1) is 32.4. The number of carbonyl (C=O) groups excluding carboxylic acids is 2. The number of nitrogens with zero attached hydrogens (tertiary/aromatic N) is 2. The number of rotatable bonds is 12. The van der Waals surface area contributed by atoms with Crippen LogP contribution in [0.25, 0.3) is 0 Å². The maximum Gasteiger partial charge on any atom is 0.264 e. The van der Waals surface area contributed by atoms with Crippen LogP contribution in [0.2, 0.25) is 15.1 Å². The Labute approximate surface area is 267 Å². The van der Waals surface area contributed by atoms with Crippen molar-refractivity contribution < 1.29 is 18.0 Å². The molecule has 0 saturated carbocycles. The molecule has 0 aliphatic rings. The third-order valence-electron chi connectivity index (χ3n) is 6.68. The molecule has 7 nitrogen and oxygen atoms in total. The third-order valence-corrected chi connectivity index (χ3v) is 9.26. The normalized spacial score (nSPS) is 11.9. The lowest BCUT2D eigenvalue weighted by molar-refractivity contribution is -0.140. The first-order chi connectivity index (χ1) is 20.6. The van der Waals surface area contributed by atoms with Crippen LogP contribution in [0.1, 0.15) is 18.1 Å². The Morgan fingerprint density at radius 2 is 1.40 bits per heavy atom. The van der Waals surface area contributed by atoms with Crippen molar-refractivity contribution in [2.24, 2.45) is 0 Å². The Morgan fingerprint density at radius 3 is 2.02 bits per heavy atom. The van der Waals surface area contributed by atoms with E-state index < -0.39 is 28.5 Å². The van der Waals surface area contributed by atoms with E-state index in [1.54, 1.807) is 49.4 Å². The summed E-state index contributed by atoms with van der Waals surface area (Å²) in [6, 6.07) is 27.4. The molecule has 4 rings (SSSR count). The van der Waals surface area contributed by atoms with Crippen LogP contribution in [-0.2, 0) is 32.6 Å². The van der Waals surface area contributed by atoms with Gasteiger partial charge in [-0.1, -0.05) is 95.5 Å². The Kier molecular flexibility index (Phi) is 11.1. The minimum atomic E-state index is -4.29. The van der Waals surface area contributed by atoms with E-state index in [0.29, 0.717) is 17.1 Å². The van der Waals surface area contributed by atoms with Gasteiger partial charge >= 0.3 is 0 Å². The molecule has 0 saturated heterocycles. The fourth-order valence-corrected chi connectivity index (χ4v) is 6.55. The zero-order valence-corrected chi connectivity index (χ0v) is 26.4. The van der Waals surface area contributed by atoms with Gasteiger partial charge in [0.15, 0.2) is 0 Å². The second-order valence-corrected chi connectivity index (χ2v) is 12.8.